The summed E-state index contributed by atoms with van der Waals surface area (Å²) >= 11 is 0. The van der Waals surface area contributed by atoms with Crippen LogP contribution in [0.3, 0.4) is 0 Å². The number of nitrogens with zero attached hydrogens (tertiary/aromatic N) is 6. The average Bonchev–Trinajstić information content (AvgIpc) is 3.31. The Morgan fingerprint density at radius 1 is 0.848 bits per heavy atom. The minimum atomic E-state index is 0.214. The number of hydrogen-bond donors (Lipinski definition) is 0. The van der Waals surface area contributed by atoms with Crippen LogP contribution in [0.15, 0.2) is 60.7 Å². The maximum absolute atomic E-state index is 5.26. The third-order valence-electron chi connectivity index (χ3n) is 6.44. The molecule has 0 bridgehead atoms. The van der Waals surface area contributed by atoms with E-state index in [4.69, 9.17) is 4.74 Å². The second-order valence-electron chi connectivity index (χ2n) is 9.19. The van der Waals surface area contributed by atoms with Crippen molar-refractivity contribution in [1.29, 1.82) is 0 Å². The van der Waals surface area contributed by atoms with Gasteiger partial charge in [-0.2, -0.15) is 0 Å². The van der Waals surface area contributed by atoms with Crippen molar-refractivity contribution in [2.75, 3.05) is 39.9 Å². The lowest BCUT2D eigenvalue weighted by Crippen LogP contribution is -2.49. The van der Waals surface area contributed by atoms with Crippen LogP contribution in [0.2, 0.25) is 0 Å². The Balaban J connectivity index is 1.52. The molecule has 0 unspecified atom stereocenters. The summed E-state index contributed by atoms with van der Waals surface area (Å²) in [4.78, 5) is 5.18. The number of aromatic nitrogens is 4. The number of rotatable bonds is 10. The van der Waals surface area contributed by atoms with Gasteiger partial charge in [0.25, 0.3) is 0 Å². The van der Waals surface area contributed by atoms with Crippen molar-refractivity contribution in [1.82, 2.24) is 30.0 Å². The molecule has 2 aromatic carbocycles. The highest BCUT2D eigenvalue weighted by atomic mass is 16.5. The number of piperazine rings is 1. The topological polar surface area (TPSA) is 59.3 Å². The molecule has 0 radical (unpaired) electrons. The zero-order valence-electron chi connectivity index (χ0n) is 20.0. The van der Waals surface area contributed by atoms with Gasteiger partial charge in [-0.3, -0.25) is 9.80 Å². The number of ether oxygens (including phenoxy) is 1. The molecule has 0 amide bonds. The van der Waals surface area contributed by atoms with Crippen LogP contribution in [-0.2, 0) is 11.3 Å². The summed E-state index contributed by atoms with van der Waals surface area (Å²) in [5.41, 5.74) is 2.69. The Labute approximate surface area is 197 Å². The molecular weight excluding hydrogens is 412 g/mol. The average molecular weight is 449 g/mol. The van der Waals surface area contributed by atoms with Gasteiger partial charge in [-0.05, 0) is 33.9 Å². The van der Waals surface area contributed by atoms with Crippen molar-refractivity contribution in [2.24, 2.45) is 5.92 Å². The Morgan fingerprint density at radius 3 is 1.97 bits per heavy atom. The molecule has 4 rings (SSSR count). The quantitative estimate of drug-likeness (QED) is 0.470. The standard InChI is InChI=1S/C26H36N6O/c1-21(2)20-24(26-27-28-29-32(26)18-19-33-3)30-14-16-31(17-15-30)25(22-10-6-4-7-11-22)23-12-8-5-9-13-23/h4-13,21,24-25H,14-20H2,1-3H3/t24-/m1/s1. The van der Waals surface area contributed by atoms with Crippen molar-refractivity contribution >= 4 is 0 Å². The Kier molecular flexibility index (Phi) is 8.20. The maximum Gasteiger partial charge on any atom is 0.168 e. The normalized spacial score (nSPS) is 16.5. The zero-order chi connectivity index (χ0) is 23.0. The van der Waals surface area contributed by atoms with E-state index in [-0.39, 0.29) is 12.1 Å². The van der Waals surface area contributed by atoms with Crippen LogP contribution in [-0.4, -0.2) is 69.9 Å². The van der Waals surface area contributed by atoms with Crippen LogP contribution in [0.5, 0.6) is 0 Å². The molecule has 3 aromatic rings. The Bertz CT molecular complexity index is 914. The molecule has 33 heavy (non-hydrogen) atoms. The van der Waals surface area contributed by atoms with Crippen LogP contribution in [0.25, 0.3) is 0 Å². The van der Waals surface area contributed by atoms with Gasteiger partial charge in [0.15, 0.2) is 5.82 Å². The zero-order valence-corrected chi connectivity index (χ0v) is 20.0. The molecule has 1 aromatic heterocycles. The number of methoxy groups -OCH3 is 1. The summed E-state index contributed by atoms with van der Waals surface area (Å²) in [5.74, 6) is 1.51. The highest BCUT2D eigenvalue weighted by Crippen LogP contribution is 2.32. The first kappa shape index (κ1) is 23.5. The Hall–Kier alpha value is -2.61. The third kappa shape index (κ3) is 5.85. The molecule has 7 nitrogen and oxygen atoms in total. The number of benzene rings is 2. The van der Waals surface area contributed by atoms with Gasteiger partial charge in [-0.25, -0.2) is 4.68 Å². The smallest absolute Gasteiger partial charge is 0.168 e. The molecule has 0 spiro atoms. The van der Waals surface area contributed by atoms with Crippen molar-refractivity contribution in [3.05, 3.63) is 77.6 Å². The van der Waals surface area contributed by atoms with Crippen LogP contribution < -0.4 is 0 Å². The maximum atomic E-state index is 5.26. The summed E-state index contributed by atoms with van der Waals surface area (Å²) in [7, 11) is 1.71. The molecular formula is C26H36N6O. The first-order chi connectivity index (χ1) is 16.2. The summed E-state index contributed by atoms with van der Waals surface area (Å²) in [6, 6.07) is 22.2. The van der Waals surface area contributed by atoms with Crippen molar-refractivity contribution in [2.45, 2.75) is 38.9 Å². The summed E-state index contributed by atoms with van der Waals surface area (Å²) < 4.78 is 7.18. The lowest BCUT2D eigenvalue weighted by molar-refractivity contribution is 0.0648. The van der Waals surface area contributed by atoms with Crippen molar-refractivity contribution in [3.63, 3.8) is 0 Å². The molecule has 1 atom stereocenters. The van der Waals surface area contributed by atoms with Gasteiger partial charge in [0.1, 0.15) is 0 Å². The van der Waals surface area contributed by atoms with Gasteiger partial charge in [0.2, 0.25) is 0 Å². The summed E-state index contributed by atoms with van der Waals surface area (Å²) in [6.07, 6.45) is 1.04. The third-order valence-corrected chi connectivity index (χ3v) is 6.44. The predicted molar refractivity (Wildman–Crippen MR) is 130 cm³/mol. The molecule has 0 aliphatic carbocycles. The van der Waals surface area contributed by atoms with Crippen molar-refractivity contribution in [3.8, 4) is 0 Å². The first-order valence-corrected chi connectivity index (χ1v) is 12.0. The molecule has 1 aliphatic rings. The second-order valence-corrected chi connectivity index (χ2v) is 9.19. The van der Waals surface area contributed by atoms with Crippen molar-refractivity contribution < 1.29 is 4.74 Å². The highest BCUT2D eigenvalue weighted by molar-refractivity contribution is 5.32. The van der Waals surface area contributed by atoms with Gasteiger partial charge in [0, 0.05) is 33.3 Å². The van der Waals surface area contributed by atoms with E-state index in [2.05, 4.69) is 99.8 Å². The molecule has 0 N–H and O–H groups in total. The first-order valence-electron chi connectivity index (χ1n) is 12.0. The largest absolute Gasteiger partial charge is 0.383 e. The second kappa shape index (κ2) is 11.5. The van der Waals surface area contributed by atoms with E-state index >= 15 is 0 Å². The molecule has 1 saturated heterocycles. The SMILES string of the molecule is COCCn1nnnc1[C@@H](CC(C)C)N1CCN(C(c2ccccc2)c2ccccc2)CC1. The van der Waals surface area contributed by atoms with Crippen LogP contribution >= 0.6 is 0 Å². The van der Waals surface area contributed by atoms with Gasteiger partial charge >= 0.3 is 0 Å². The van der Waals surface area contributed by atoms with E-state index in [1.165, 1.54) is 11.1 Å². The molecule has 0 saturated carbocycles. The minimum Gasteiger partial charge on any atom is -0.383 e. The monoisotopic (exact) mass is 448 g/mol. The molecule has 176 valence electrons. The van der Waals surface area contributed by atoms with E-state index in [0.29, 0.717) is 19.1 Å². The molecule has 7 heteroatoms. The van der Waals surface area contributed by atoms with Crippen LogP contribution in [0.1, 0.15) is 49.3 Å². The van der Waals surface area contributed by atoms with E-state index in [0.717, 1.165) is 38.4 Å². The lowest BCUT2D eigenvalue weighted by atomic mass is 9.95. The summed E-state index contributed by atoms with van der Waals surface area (Å²) in [6.45, 7) is 9.81. The van der Waals surface area contributed by atoms with Gasteiger partial charge in [-0.15, -0.1) is 5.10 Å². The fraction of sp³-hybridized carbons (Fsp3) is 0.500. The fourth-order valence-corrected chi connectivity index (χ4v) is 4.84. The van der Waals surface area contributed by atoms with E-state index in [1.54, 1.807) is 7.11 Å². The fourth-order valence-electron chi connectivity index (χ4n) is 4.84. The predicted octanol–water partition coefficient (Wildman–Crippen LogP) is 3.81. The Morgan fingerprint density at radius 2 is 1.42 bits per heavy atom. The van der Waals surface area contributed by atoms with Gasteiger partial charge in [-0.1, -0.05) is 74.5 Å². The van der Waals surface area contributed by atoms with Gasteiger partial charge in [0.05, 0.1) is 25.2 Å². The van der Waals surface area contributed by atoms with E-state index < -0.39 is 0 Å². The van der Waals surface area contributed by atoms with Crippen LogP contribution in [0.4, 0.5) is 0 Å². The number of hydrogen-bond acceptors (Lipinski definition) is 6. The van der Waals surface area contributed by atoms with Crippen LogP contribution in [0, 0.1) is 5.92 Å². The molecule has 1 fully saturated rings. The number of tetrazole rings is 1. The highest BCUT2D eigenvalue weighted by Gasteiger charge is 2.32. The molecule has 2 heterocycles. The lowest BCUT2D eigenvalue weighted by Gasteiger charge is -2.42. The van der Waals surface area contributed by atoms with E-state index in [9.17, 15) is 0 Å². The van der Waals surface area contributed by atoms with E-state index in [1.807, 2.05) is 4.68 Å². The minimum absolute atomic E-state index is 0.214. The molecule has 1 aliphatic heterocycles. The summed E-state index contributed by atoms with van der Waals surface area (Å²) in [5, 5.41) is 12.7. The van der Waals surface area contributed by atoms with Gasteiger partial charge < -0.3 is 4.74 Å².